The molecule has 24 heavy (non-hydrogen) atoms. The third-order valence-corrected chi connectivity index (χ3v) is 12.9. The Morgan fingerprint density at radius 2 is 1.46 bits per heavy atom. The monoisotopic (exact) mass is 414 g/mol. The first-order valence-electron chi connectivity index (χ1n) is 8.41. The quantitative estimate of drug-likeness (QED) is 0.648. The molecule has 0 N–H and O–H groups in total. The first-order valence-corrected chi connectivity index (χ1v) is 12.3. The van der Waals surface area contributed by atoms with Crippen molar-refractivity contribution >= 4 is 0 Å². The molecule has 0 nitrogen and oxygen atoms in total. The van der Waals surface area contributed by atoms with Crippen LogP contribution in [0.3, 0.4) is 0 Å². The molecular formula is C22H25ClZr. The fourth-order valence-corrected chi connectivity index (χ4v) is 12.4. The van der Waals surface area contributed by atoms with Crippen LogP contribution in [0, 0.1) is 20.8 Å². The number of hydrogen-bond donors (Lipinski definition) is 0. The van der Waals surface area contributed by atoms with Crippen molar-refractivity contribution in [3.05, 3.63) is 90.1 Å². The van der Waals surface area contributed by atoms with Gasteiger partial charge in [0.1, 0.15) is 0 Å². The third kappa shape index (κ3) is 3.84. The molecule has 1 unspecified atom stereocenters. The van der Waals surface area contributed by atoms with Crippen molar-refractivity contribution in [2.45, 2.75) is 37.2 Å². The van der Waals surface area contributed by atoms with E-state index in [2.05, 4.69) is 82.0 Å². The van der Waals surface area contributed by atoms with E-state index in [0.29, 0.717) is 3.63 Å². The number of allylic oxidation sites excluding steroid dienone is 9. The maximum Gasteiger partial charge on any atom is -1.00 e. The fraction of sp³-hybridized carbons (Fsp3) is 0.273. The molecule has 0 spiro atoms. The van der Waals surface area contributed by atoms with Crippen LogP contribution < -0.4 is 12.4 Å². The molecule has 124 valence electrons. The minimum Gasteiger partial charge on any atom is -1.00 e. The molecular weight excluding hydrogens is 391 g/mol. The van der Waals surface area contributed by atoms with E-state index < -0.39 is 21.8 Å². The molecule has 0 saturated heterocycles. The predicted octanol–water partition coefficient (Wildman–Crippen LogP) is 3.15. The molecule has 2 aliphatic rings. The average Bonchev–Trinajstić information content (AvgIpc) is 3.19. The van der Waals surface area contributed by atoms with Crippen molar-refractivity contribution in [2.75, 3.05) is 0 Å². The second-order valence-corrected chi connectivity index (χ2v) is 13.3. The van der Waals surface area contributed by atoms with Crippen molar-refractivity contribution in [1.29, 1.82) is 0 Å². The second kappa shape index (κ2) is 8.46. The number of rotatable bonds is 5. The summed E-state index contributed by atoms with van der Waals surface area (Å²) >= 11 is -1.98. The van der Waals surface area contributed by atoms with Gasteiger partial charge in [0.25, 0.3) is 0 Å². The molecule has 3 rings (SSSR count). The molecule has 1 aromatic rings. The van der Waals surface area contributed by atoms with E-state index in [-0.39, 0.29) is 12.4 Å². The smallest absolute Gasteiger partial charge is 1.00 e. The van der Waals surface area contributed by atoms with Crippen LogP contribution in [0.4, 0.5) is 0 Å². The molecule has 1 aromatic carbocycles. The fourth-order valence-electron chi connectivity index (χ4n) is 3.96. The van der Waals surface area contributed by atoms with Crippen LogP contribution in [0.5, 0.6) is 0 Å². The zero-order valence-corrected chi connectivity index (χ0v) is 18.0. The molecule has 0 saturated carbocycles. The number of aryl methyl sites for hydroxylation is 3. The number of halogens is 1. The van der Waals surface area contributed by atoms with E-state index in [9.17, 15) is 0 Å². The Bertz CT molecular complexity index is 696. The molecule has 0 radical (unpaired) electrons. The van der Waals surface area contributed by atoms with Crippen LogP contribution in [-0.4, -0.2) is 0 Å². The Balaban J connectivity index is 0.00000208. The molecule has 2 heteroatoms. The number of benzene rings is 1. The Hall–Kier alpha value is -0.907. The molecule has 0 amide bonds. The summed E-state index contributed by atoms with van der Waals surface area (Å²) < 4.78 is 3.97. The Morgan fingerprint density at radius 3 is 1.83 bits per heavy atom. The van der Waals surface area contributed by atoms with Gasteiger partial charge in [-0.2, -0.15) is 0 Å². The van der Waals surface area contributed by atoms with Gasteiger partial charge in [-0.15, -0.1) is 0 Å². The molecule has 2 aliphatic carbocycles. The summed E-state index contributed by atoms with van der Waals surface area (Å²) in [5.41, 5.74) is 5.77. The minimum atomic E-state index is -1.98. The summed E-state index contributed by atoms with van der Waals surface area (Å²) in [6, 6.07) is 4.67. The van der Waals surface area contributed by atoms with E-state index in [0.717, 1.165) is 12.8 Å². The van der Waals surface area contributed by atoms with Gasteiger partial charge >= 0.3 is 149 Å². The summed E-state index contributed by atoms with van der Waals surface area (Å²) in [5.74, 6) is 0. The van der Waals surface area contributed by atoms with Gasteiger partial charge in [0.05, 0.1) is 0 Å². The van der Waals surface area contributed by atoms with Crippen LogP contribution in [0.25, 0.3) is 0 Å². The van der Waals surface area contributed by atoms with Crippen LogP contribution in [0.15, 0.2) is 67.8 Å². The molecule has 1 atom stereocenters. The van der Waals surface area contributed by atoms with Crippen LogP contribution in [0.2, 0.25) is 0 Å². The van der Waals surface area contributed by atoms with Crippen molar-refractivity contribution in [3.8, 4) is 0 Å². The molecule has 0 heterocycles. The largest absolute Gasteiger partial charge is 1.00 e. The van der Waals surface area contributed by atoms with Gasteiger partial charge < -0.3 is 12.4 Å². The first-order chi connectivity index (χ1) is 11.1. The SMILES string of the molecule is C=C[CH](c1c(C)cc(C)cc1C)[Zr+]([C]1=CC=CC1)[C]1=CC=CC1.[Cl-]. The van der Waals surface area contributed by atoms with Gasteiger partial charge in [-0.05, 0) is 0 Å². The van der Waals surface area contributed by atoms with Crippen molar-refractivity contribution in [3.63, 3.8) is 0 Å². The van der Waals surface area contributed by atoms with Crippen LogP contribution >= 0.6 is 0 Å². The Kier molecular flexibility index (Phi) is 6.84. The standard InChI is InChI=1S/C12H15.2C5H5.ClH.Zr/c1-5-6-12-10(3)7-9(2)8-11(12)4;2*1-2-4-5-3-1;;/h5-8H,1H2,2-4H3;2*1-3H,4H2;1H;/q;;;;+1/p-1. The van der Waals surface area contributed by atoms with E-state index in [1.807, 2.05) is 0 Å². The normalized spacial score (nSPS) is 16.5. The van der Waals surface area contributed by atoms with Crippen molar-refractivity contribution in [1.82, 2.24) is 0 Å². The van der Waals surface area contributed by atoms with Gasteiger partial charge in [-0.1, -0.05) is 0 Å². The van der Waals surface area contributed by atoms with Gasteiger partial charge in [-0.3, -0.25) is 0 Å². The summed E-state index contributed by atoms with van der Waals surface area (Å²) in [6.07, 6.45) is 18.5. The molecule has 0 bridgehead atoms. The van der Waals surface area contributed by atoms with Gasteiger partial charge in [0.2, 0.25) is 0 Å². The maximum absolute atomic E-state index is 4.26. The van der Waals surface area contributed by atoms with E-state index in [4.69, 9.17) is 0 Å². The van der Waals surface area contributed by atoms with Gasteiger partial charge in [0, 0.05) is 0 Å². The third-order valence-electron chi connectivity index (χ3n) is 4.83. The molecule has 0 aromatic heterocycles. The molecule has 0 aliphatic heterocycles. The van der Waals surface area contributed by atoms with Crippen LogP contribution in [-0.2, 0) is 21.8 Å². The Labute approximate surface area is 160 Å². The molecule has 0 fully saturated rings. The summed E-state index contributed by atoms with van der Waals surface area (Å²) in [4.78, 5) is 0. The second-order valence-electron chi connectivity index (χ2n) is 6.59. The van der Waals surface area contributed by atoms with E-state index in [1.165, 1.54) is 16.7 Å². The van der Waals surface area contributed by atoms with Gasteiger partial charge in [0.15, 0.2) is 0 Å². The zero-order chi connectivity index (χ0) is 16.4. The van der Waals surface area contributed by atoms with E-state index in [1.54, 1.807) is 12.1 Å². The average molecular weight is 416 g/mol. The van der Waals surface area contributed by atoms with Gasteiger partial charge in [-0.25, -0.2) is 0 Å². The zero-order valence-electron chi connectivity index (χ0n) is 14.8. The van der Waals surface area contributed by atoms with Crippen molar-refractivity contribution in [2.24, 2.45) is 0 Å². The van der Waals surface area contributed by atoms with Crippen LogP contribution in [0.1, 0.15) is 38.7 Å². The predicted molar refractivity (Wildman–Crippen MR) is 97.3 cm³/mol. The maximum atomic E-state index is 4.26. The first kappa shape index (κ1) is 19.4. The van der Waals surface area contributed by atoms with E-state index >= 15 is 0 Å². The topological polar surface area (TPSA) is 0 Å². The minimum absolute atomic E-state index is 0. The summed E-state index contributed by atoms with van der Waals surface area (Å²) in [6.45, 7) is 11.0. The summed E-state index contributed by atoms with van der Waals surface area (Å²) in [7, 11) is 0. The number of hydrogen-bond acceptors (Lipinski definition) is 0. The Morgan fingerprint density at radius 1 is 0.958 bits per heavy atom. The summed E-state index contributed by atoms with van der Waals surface area (Å²) in [5, 5.41) is 0. The van der Waals surface area contributed by atoms with Crippen molar-refractivity contribution < 1.29 is 34.2 Å².